The minimum Gasteiger partial charge on any atom is -0.352 e. The van der Waals surface area contributed by atoms with Gasteiger partial charge in [-0.05, 0) is 31.5 Å². The summed E-state index contributed by atoms with van der Waals surface area (Å²) in [4.78, 5) is 29.8. The first-order chi connectivity index (χ1) is 11.5. The Morgan fingerprint density at radius 3 is 2.67 bits per heavy atom. The van der Waals surface area contributed by atoms with Crippen LogP contribution in [0.15, 0.2) is 36.9 Å². The third kappa shape index (κ3) is 3.45. The van der Waals surface area contributed by atoms with Crippen LogP contribution in [-0.4, -0.2) is 44.1 Å². The number of likely N-dealkylation sites (tertiary alicyclic amines) is 1. The highest BCUT2D eigenvalue weighted by Gasteiger charge is 2.35. The van der Waals surface area contributed by atoms with Crippen molar-refractivity contribution in [3.05, 3.63) is 42.5 Å². The van der Waals surface area contributed by atoms with E-state index in [2.05, 4.69) is 15.4 Å². The van der Waals surface area contributed by atoms with Crippen molar-refractivity contribution >= 4 is 11.8 Å². The van der Waals surface area contributed by atoms with Gasteiger partial charge in [-0.15, -0.1) is 0 Å². The molecule has 1 aliphatic rings. The topological polar surface area (TPSA) is 80.1 Å². The third-order valence-corrected chi connectivity index (χ3v) is 4.24. The number of carbonyl (C=O) groups is 2. The minimum absolute atomic E-state index is 0.0577. The molecule has 0 saturated carbocycles. The first kappa shape index (κ1) is 16.2. The second-order valence-corrected chi connectivity index (χ2v) is 6.27. The summed E-state index contributed by atoms with van der Waals surface area (Å²) in [5.41, 5.74) is 1.91. The molecular weight excluding hydrogens is 306 g/mol. The van der Waals surface area contributed by atoms with Gasteiger partial charge in [0, 0.05) is 25.6 Å². The Labute approximate surface area is 140 Å². The Bertz CT molecular complexity index is 709. The van der Waals surface area contributed by atoms with E-state index in [1.807, 2.05) is 38.1 Å². The summed E-state index contributed by atoms with van der Waals surface area (Å²) in [5.74, 6) is -0.261. The van der Waals surface area contributed by atoms with Crippen LogP contribution in [0.1, 0.15) is 25.8 Å². The van der Waals surface area contributed by atoms with Gasteiger partial charge in [-0.3, -0.25) is 9.59 Å². The largest absolute Gasteiger partial charge is 0.352 e. The molecule has 3 rings (SSSR count). The molecule has 126 valence electrons. The number of benzene rings is 1. The summed E-state index contributed by atoms with van der Waals surface area (Å²) in [7, 11) is 0. The molecule has 2 aromatic rings. The van der Waals surface area contributed by atoms with E-state index in [0.717, 1.165) is 11.3 Å². The average Bonchev–Trinajstić information content (AvgIpc) is 3.22. The first-order valence-corrected chi connectivity index (χ1v) is 8.05. The number of hydrogen-bond acceptors (Lipinski definition) is 4. The molecular formula is C17H21N5O2. The van der Waals surface area contributed by atoms with Crippen molar-refractivity contribution in [1.82, 2.24) is 25.0 Å². The van der Waals surface area contributed by atoms with E-state index in [0.29, 0.717) is 19.5 Å². The van der Waals surface area contributed by atoms with Crippen LogP contribution in [0.4, 0.5) is 0 Å². The molecule has 1 aromatic carbocycles. The van der Waals surface area contributed by atoms with E-state index in [1.165, 1.54) is 6.33 Å². The lowest BCUT2D eigenvalue weighted by molar-refractivity contribution is -0.129. The van der Waals surface area contributed by atoms with Crippen LogP contribution >= 0.6 is 0 Å². The summed E-state index contributed by atoms with van der Waals surface area (Å²) in [6.45, 7) is 4.89. The highest BCUT2D eigenvalue weighted by atomic mass is 16.2. The zero-order valence-corrected chi connectivity index (χ0v) is 13.8. The van der Waals surface area contributed by atoms with Crippen molar-refractivity contribution in [2.24, 2.45) is 5.92 Å². The van der Waals surface area contributed by atoms with Crippen molar-refractivity contribution in [2.75, 3.05) is 6.54 Å². The molecule has 1 saturated heterocycles. The van der Waals surface area contributed by atoms with Crippen molar-refractivity contribution in [1.29, 1.82) is 0 Å². The van der Waals surface area contributed by atoms with E-state index in [4.69, 9.17) is 0 Å². The SMILES string of the molecule is CC(C)N1CC(C(=O)NCc2ccc(-n3cncn3)cc2)CC1=O. The zero-order valence-electron chi connectivity index (χ0n) is 13.8. The number of amides is 2. The number of nitrogens with one attached hydrogen (secondary N) is 1. The maximum absolute atomic E-state index is 12.3. The van der Waals surface area contributed by atoms with Gasteiger partial charge in [-0.1, -0.05) is 12.1 Å². The fourth-order valence-corrected chi connectivity index (χ4v) is 2.85. The lowest BCUT2D eigenvalue weighted by Gasteiger charge is -2.20. The van der Waals surface area contributed by atoms with E-state index < -0.39 is 0 Å². The van der Waals surface area contributed by atoms with Crippen molar-refractivity contribution in [3.8, 4) is 5.69 Å². The molecule has 0 bridgehead atoms. The molecule has 24 heavy (non-hydrogen) atoms. The number of aromatic nitrogens is 3. The molecule has 2 heterocycles. The summed E-state index contributed by atoms with van der Waals surface area (Å²) < 4.78 is 1.67. The van der Waals surface area contributed by atoms with Crippen LogP contribution in [0.5, 0.6) is 0 Å². The number of carbonyl (C=O) groups excluding carboxylic acids is 2. The molecule has 0 spiro atoms. The van der Waals surface area contributed by atoms with Crippen molar-refractivity contribution in [3.63, 3.8) is 0 Å². The van der Waals surface area contributed by atoms with Crippen LogP contribution in [0.25, 0.3) is 5.69 Å². The smallest absolute Gasteiger partial charge is 0.225 e. The molecule has 7 heteroatoms. The lowest BCUT2D eigenvalue weighted by Crippen LogP contribution is -2.35. The number of nitrogens with zero attached hydrogens (tertiary/aromatic N) is 4. The Hall–Kier alpha value is -2.70. The maximum Gasteiger partial charge on any atom is 0.225 e. The lowest BCUT2D eigenvalue weighted by atomic mass is 10.1. The average molecular weight is 327 g/mol. The van der Waals surface area contributed by atoms with Gasteiger partial charge < -0.3 is 10.2 Å². The van der Waals surface area contributed by atoms with Gasteiger partial charge in [0.05, 0.1) is 11.6 Å². The maximum atomic E-state index is 12.3. The third-order valence-electron chi connectivity index (χ3n) is 4.24. The van der Waals surface area contributed by atoms with E-state index in [9.17, 15) is 9.59 Å². The van der Waals surface area contributed by atoms with Gasteiger partial charge in [0.2, 0.25) is 11.8 Å². The van der Waals surface area contributed by atoms with E-state index >= 15 is 0 Å². The van der Waals surface area contributed by atoms with Gasteiger partial charge in [0.15, 0.2) is 0 Å². The number of rotatable bonds is 5. The Balaban J connectivity index is 1.54. The zero-order chi connectivity index (χ0) is 17.1. The van der Waals surface area contributed by atoms with E-state index in [-0.39, 0.29) is 23.8 Å². The Morgan fingerprint density at radius 1 is 1.33 bits per heavy atom. The molecule has 0 radical (unpaired) electrons. The Kier molecular flexibility index (Phi) is 4.59. The molecule has 7 nitrogen and oxygen atoms in total. The molecule has 1 fully saturated rings. The predicted molar refractivity (Wildman–Crippen MR) is 88.2 cm³/mol. The Morgan fingerprint density at radius 2 is 2.08 bits per heavy atom. The quantitative estimate of drug-likeness (QED) is 0.893. The first-order valence-electron chi connectivity index (χ1n) is 8.05. The summed E-state index contributed by atoms with van der Waals surface area (Å²) in [6, 6.07) is 7.88. The monoisotopic (exact) mass is 327 g/mol. The summed E-state index contributed by atoms with van der Waals surface area (Å²) in [6.07, 6.45) is 3.42. The van der Waals surface area contributed by atoms with E-state index in [1.54, 1.807) is 15.9 Å². The number of hydrogen-bond donors (Lipinski definition) is 1. The van der Waals surface area contributed by atoms with Crippen LogP contribution in [0.3, 0.4) is 0 Å². The second kappa shape index (κ2) is 6.82. The molecule has 1 aliphatic heterocycles. The fourth-order valence-electron chi connectivity index (χ4n) is 2.85. The van der Waals surface area contributed by atoms with Gasteiger partial charge in [0.25, 0.3) is 0 Å². The molecule has 1 N–H and O–H groups in total. The van der Waals surface area contributed by atoms with Crippen molar-refractivity contribution < 1.29 is 9.59 Å². The van der Waals surface area contributed by atoms with Gasteiger partial charge in [0.1, 0.15) is 12.7 Å². The van der Waals surface area contributed by atoms with Gasteiger partial charge >= 0.3 is 0 Å². The highest BCUT2D eigenvalue weighted by molar-refractivity contribution is 5.89. The van der Waals surface area contributed by atoms with Crippen LogP contribution in [0.2, 0.25) is 0 Å². The molecule has 2 amide bonds. The second-order valence-electron chi connectivity index (χ2n) is 6.27. The van der Waals surface area contributed by atoms with Crippen LogP contribution < -0.4 is 5.32 Å². The molecule has 1 aromatic heterocycles. The normalized spacial score (nSPS) is 17.5. The highest BCUT2D eigenvalue weighted by Crippen LogP contribution is 2.20. The minimum atomic E-state index is -0.255. The predicted octanol–water partition coefficient (Wildman–Crippen LogP) is 1.14. The molecule has 1 atom stereocenters. The summed E-state index contributed by atoms with van der Waals surface area (Å²) in [5, 5.41) is 6.99. The van der Waals surface area contributed by atoms with Crippen LogP contribution in [-0.2, 0) is 16.1 Å². The summed E-state index contributed by atoms with van der Waals surface area (Å²) >= 11 is 0. The van der Waals surface area contributed by atoms with Crippen molar-refractivity contribution in [2.45, 2.75) is 32.9 Å². The molecule has 1 unspecified atom stereocenters. The standard InChI is InChI=1S/C17H21N5O2/c1-12(2)21-9-14(7-16(21)23)17(24)19-8-13-3-5-15(6-4-13)22-11-18-10-20-22/h3-6,10-12,14H,7-9H2,1-2H3,(H,19,24). The van der Waals surface area contributed by atoms with Gasteiger partial charge in [-0.2, -0.15) is 5.10 Å². The fraction of sp³-hybridized carbons (Fsp3) is 0.412. The van der Waals surface area contributed by atoms with Gasteiger partial charge in [-0.25, -0.2) is 9.67 Å². The van der Waals surface area contributed by atoms with Crippen LogP contribution in [0, 0.1) is 5.92 Å². The molecule has 0 aliphatic carbocycles.